The molecule has 0 saturated carbocycles. The smallest absolute Gasteiger partial charge is 0.550 e. The van der Waals surface area contributed by atoms with Crippen LogP contribution in [-0.2, 0) is 22.4 Å². The monoisotopic (exact) mass is 543 g/mol. The number of carboxylic acids is 2. The van der Waals surface area contributed by atoms with Crippen molar-refractivity contribution in [3.05, 3.63) is 99.5 Å². The van der Waals surface area contributed by atoms with Gasteiger partial charge in [0.2, 0.25) is 0 Å². The number of carbonyl (C=O) groups excluding carboxylic acids is 1. The van der Waals surface area contributed by atoms with Gasteiger partial charge >= 0.3 is 35.5 Å². The Morgan fingerprint density at radius 1 is 0.971 bits per heavy atom. The van der Waals surface area contributed by atoms with Crippen LogP contribution in [0.1, 0.15) is 11.1 Å². The van der Waals surface area contributed by atoms with E-state index in [0.717, 1.165) is 0 Å². The predicted molar refractivity (Wildman–Crippen MR) is 133 cm³/mol. The number of aliphatic carboxylic acids is 2. The molecule has 0 saturated heterocycles. The van der Waals surface area contributed by atoms with E-state index in [0.29, 0.717) is 49.9 Å². The first-order chi connectivity index (χ1) is 16.2. The summed E-state index contributed by atoms with van der Waals surface area (Å²) in [7, 11) is 0. The number of para-hydroxylation sites is 2. The zero-order chi connectivity index (χ0) is 25.1. The molecule has 0 atom stereocenters. The number of carboxylic acid groups (broad SMARTS) is 2. The van der Waals surface area contributed by atoms with Crippen LogP contribution < -0.4 is 44.7 Å². The summed E-state index contributed by atoms with van der Waals surface area (Å²) in [5.74, 6) is -1.49. The molecule has 35 heavy (non-hydrogen) atoms. The van der Waals surface area contributed by atoms with Crippen LogP contribution in [0.4, 0.5) is 11.4 Å². The van der Waals surface area contributed by atoms with Crippen LogP contribution in [0, 0.1) is 0 Å². The van der Waals surface area contributed by atoms with Crippen LogP contribution in [-0.4, -0.2) is 23.7 Å². The van der Waals surface area contributed by atoms with Crippen LogP contribution in [0.2, 0.25) is 15.1 Å². The van der Waals surface area contributed by atoms with E-state index in [1.807, 2.05) is 0 Å². The molecule has 0 radical (unpaired) electrons. The summed E-state index contributed by atoms with van der Waals surface area (Å²) in [5.41, 5.74) is 2.45. The first kappa shape index (κ1) is 30.8. The quantitative estimate of drug-likeness (QED) is 0.317. The van der Waals surface area contributed by atoms with Crippen molar-refractivity contribution in [2.24, 2.45) is 0 Å². The molecule has 0 spiro atoms. The van der Waals surface area contributed by atoms with Gasteiger partial charge in [-0.25, -0.2) is 0 Å². The number of benzene rings is 3. The summed E-state index contributed by atoms with van der Waals surface area (Å²) in [6, 6.07) is 17.1. The Morgan fingerprint density at radius 3 is 2.20 bits per heavy atom. The molecule has 0 aromatic heterocycles. The van der Waals surface area contributed by atoms with Crippen molar-refractivity contribution < 1.29 is 54.1 Å². The van der Waals surface area contributed by atoms with Gasteiger partial charge < -0.3 is 25.1 Å². The fraction of sp³-hybridized carbons (Fsp3) is 0.120. The third kappa shape index (κ3) is 10.5. The molecule has 0 amide bonds. The summed E-state index contributed by atoms with van der Waals surface area (Å²) >= 11 is 18.0. The minimum absolute atomic E-state index is 0. The van der Waals surface area contributed by atoms with Crippen molar-refractivity contribution in [3.63, 3.8) is 0 Å². The van der Waals surface area contributed by atoms with Gasteiger partial charge in [0.05, 0.1) is 27.2 Å². The Kier molecular flexibility index (Phi) is 13.9. The van der Waals surface area contributed by atoms with Crippen molar-refractivity contribution in [3.8, 4) is 5.75 Å². The second-order valence-electron chi connectivity index (χ2n) is 6.86. The van der Waals surface area contributed by atoms with E-state index in [-0.39, 0.29) is 42.4 Å². The van der Waals surface area contributed by atoms with E-state index in [1.54, 1.807) is 66.7 Å². The molecule has 0 aliphatic rings. The van der Waals surface area contributed by atoms with Crippen LogP contribution in [0.5, 0.6) is 5.75 Å². The van der Waals surface area contributed by atoms with Crippen molar-refractivity contribution >= 4 is 58.1 Å². The van der Waals surface area contributed by atoms with Gasteiger partial charge in [0.1, 0.15) is 12.4 Å². The first-order valence-electron chi connectivity index (χ1n) is 9.94. The summed E-state index contributed by atoms with van der Waals surface area (Å²) in [6.45, 7) is 3.89. The Labute approximate surface area is 240 Å². The first-order valence-corrected chi connectivity index (χ1v) is 11.1. The maximum Gasteiger partial charge on any atom is 1.00 e. The zero-order valence-corrected chi connectivity index (χ0v) is 23.2. The number of hydrogen-bond donors (Lipinski definition) is 2. The number of rotatable bonds is 9. The van der Waals surface area contributed by atoms with Gasteiger partial charge in [-0.3, -0.25) is 4.79 Å². The van der Waals surface area contributed by atoms with Gasteiger partial charge in [0.25, 0.3) is 0 Å². The maximum atomic E-state index is 10.7. The van der Waals surface area contributed by atoms with Gasteiger partial charge in [-0.05, 0) is 41.5 Å². The van der Waals surface area contributed by atoms with Crippen LogP contribution in [0.25, 0.3) is 0 Å². The summed E-state index contributed by atoms with van der Waals surface area (Å²) in [5, 5.41) is 23.7. The predicted octanol–water partition coefficient (Wildman–Crippen LogP) is 2.57. The van der Waals surface area contributed by atoms with Crippen molar-refractivity contribution in [2.45, 2.75) is 12.8 Å². The third-order valence-corrected chi connectivity index (χ3v) is 5.21. The summed E-state index contributed by atoms with van der Waals surface area (Å²) in [6.07, 6.45) is 1.40. The largest absolute Gasteiger partial charge is 1.00 e. The standard InChI is InChI=1S/C14H11Cl2NO2.C11H11ClO3.Na/c15-10-5-3-6-11(16)14(10)17-12-7-2-1-4-9(12)8-13(18)19;1-2-5-15-10-4-3-8(6-9(10)12)7-11(13)14;/h1-7,17H,8H2,(H,18,19);2-4,6H,1,5,7H2,(H,13,14);/q;;+1/p-1. The minimum Gasteiger partial charge on any atom is -0.550 e. The maximum absolute atomic E-state index is 10.7. The normalized spacial score (nSPS) is 9.69. The van der Waals surface area contributed by atoms with Crippen molar-refractivity contribution in [1.82, 2.24) is 0 Å². The van der Waals surface area contributed by atoms with Crippen LogP contribution in [0.3, 0.4) is 0 Å². The number of halogens is 3. The molecular weight excluding hydrogens is 524 g/mol. The van der Waals surface area contributed by atoms with E-state index in [1.165, 1.54) is 0 Å². The van der Waals surface area contributed by atoms with Gasteiger partial charge in [-0.2, -0.15) is 0 Å². The molecular formula is C25H21Cl3NNaO5. The summed E-state index contributed by atoms with van der Waals surface area (Å²) in [4.78, 5) is 21.2. The van der Waals surface area contributed by atoms with E-state index < -0.39 is 11.9 Å². The molecule has 3 rings (SSSR count). The molecule has 0 aliphatic heterocycles. The Hall–Kier alpha value is -2.19. The van der Waals surface area contributed by atoms with E-state index in [2.05, 4.69) is 11.9 Å². The second kappa shape index (κ2) is 15.7. The molecule has 10 heteroatoms. The topological polar surface area (TPSA) is 98.7 Å². The van der Waals surface area contributed by atoms with Gasteiger partial charge in [-0.1, -0.05) is 77.8 Å². The fourth-order valence-corrected chi connectivity index (χ4v) is 3.55. The average molecular weight is 545 g/mol. The number of nitrogens with one attached hydrogen (secondary N) is 1. The van der Waals surface area contributed by atoms with Crippen LogP contribution >= 0.6 is 34.8 Å². The van der Waals surface area contributed by atoms with Crippen molar-refractivity contribution in [2.75, 3.05) is 11.9 Å². The summed E-state index contributed by atoms with van der Waals surface area (Å²) < 4.78 is 5.25. The molecule has 3 aromatic rings. The van der Waals surface area contributed by atoms with Gasteiger partial charge in [0, 0.05) is 18.1 Å². The molecule has 6 nitrogen and oxygen atoms in total. The van der Waals surface area contributed by atoms with Gasteiger partial charge in [-0.15, -0.1) is 0 Å². The van der Waals surface area contributed by atoms with E-state index in [4.69, 9.17) is 44.6 Å². The number of ether oxygens (including phenoxy) is 1. The second-order valence-corrected chi connectivity index (χ2v) is 8.08. The minimum atomic E-state index is -1.14. The third-order valence-electron chi connectivity index (χ3n) is 4.28. The number of carbonyl (C=O) groups is 2. The zero-order valence-electron chi connectivity index (χ0n) is 18.9. The molecule has 0 aliphatic carbocycles. The van der Waals surface area contributed by atoms with E-state index in [9.17, 15) is 14.7 Å². The fourth-order valence-electron chi connectivity index (χ4n) is 2.80. The number of anilines is 2. The van der Waals surface area contributed by atoms with Gasteiger partial charge in [0.15, 0.2) is 0 Å². The molecule has 3 aromatic carbocycles. The van der Waals surface area contributed by atoms with Crippen molar-refractivity contribution in [1.29, 1.82) is 0 Å². The van der Waals surface area contributed by atoms with Crippen LogP contribution in [0.15, 0.2) is 73.3 Å². The molecule has 0 unspecified atom stereocenters. The molecule has 0 fully saturated rings. The SMILES string of the molecule is C=CCOc1ccc(CC(=O)O)cc1Cl.O=C([O-])Cc1ccccc1Nc1c(Cl)cccc1Cl.[Na+]. The molecule has 0 bridgehead atoms. The number of hydrogen-bond acceptors (Lipinski definition) is 5. The average Bonchev–Trinajstić information content (AvgIpc) is 2.77. The Morgan fingerprint density at radius 2 is 1.63 bits per heavy atom. The Balaban J connectivity index is 0.000000350. The molecule has 0 heterocycles. The van der Waals surface area contributed by atoms with E-state index >= 15 is 0 Å². The molecule has 178 valence electrons. The Bertz CT molecular complexity index is 1150. The molecule has 2 N–H and O–H groups in total.